The Bertz CT molecular complexity index is 695. The van der Waals surface area contributed by atoms with E-state index in [1.807, 2.05) is 12.1 Å². The van der Waals surface area contributed by atoms with Crippen LogP contribution in [0.25, 0.3) is 0 Å². The van der Waals surface area contributed by atoms with Crippen LogP contribution in [0.4, 0.5) is 5.69 Å². The molecule has 0 radical (unpaired) electrons. The zero-order valence-corrected chi connectivity index (χ0v) is 13.7. The van der Waals surface area contributed by atoms with Crippen LogP contribution in [0, 0.1) is 10.1 Å². The highest BCUT2D eigenvalue weighted by molar-refractivity contribution is 5.28. The smallest absolute Gasteiger partial charge is 0.307 e. The molecule has 1 aliphatic rings. The number of ether oxygens (including phenoxy) is 1. The Hall–Kier alpha value is -2.45. The molecule has 1 fully saturated rings. The van der Waals surface area contributed by atoms with E-state index in [0.717, 1.165) is 38.5 Å². The summed E-state index contributed by atoms with van der Waals surface area (Å²) in [5, 5.41) is 14.7. The zero-order valence-electron chi connectivity index (χ0n) is 13.7. The lowest BCUT2D eigenvalue weighted by Crippen LogP contribution is -2.46. The maximum atomic E-state index is 10.7. The Labute approximate surface area is 140 Å². The SMILES string of the molecule is COc1cccc(CN2CCN(Cn3cc([N+](=O)[O-])cn3)CC2)c1. The first kappa shape index (κ1) is 16.4. The van der Waals surface area contributed by atoms with Crippen LogP contribution in [0.5, 0.6) is 5.75 Å². The fourth-order valence-corrected chi connectivity index (χ4v) is 2.85. The number of aromatic nitrogens is 2. The average Bonchev–Trinajstić information content (AvgIpc) is 3.06. The molecule has 8 nitrogen and oxygen atoms in total. The van der Waals surface area contributed by atoms with Gasteiger partial charge in [-0.05, 0) is 17.7 Å². The Morgan fingerprint density at radius 3 is 2.67 bits per heavy atom. The van der Waals surface area contributed by atoms with Crippen molar-refractivity contribution in [1.29, 1.82) is 0 Å². The van der Waals surface area contributed by atoms with Gasteiger partial charge in [0.2, 0.25) is 0 Å². The molecule has 0 atom stereocenters. The van der Waals surface area contributed by atoms with Gasteiger partial charge in [0, 0.05) is 32.7 Å². The van der Waals surface area contributed by atoms with Crippen LogP contribution in [0.1, 0.15) is 5.56 Å². The number of hydrogen-bond donors (Lipinski definition) is 0. The zero-order chi connectivity index (χ0) is 16.9. The summed E-state index contributed by atoms with van der Waals surface area (Å²) in [6.45, 7) is 5.23. The minimum absolute atomic E-state index is 0.0339. The molecular weight excluding hydrogens is 310 g/mol. The molecule has 0 aliphatic carbocycles. The van der Waals surface area contributed by atoms with Crippen molar-refractivity contribution in [1.82, 2.24) is 19.6 Å². The lowest BCUT2D eigenvalue weighted by molar-refractivity contribution is -0.385. The largest absolute Gasteiger partial charge is 0.497 e. The van der Waals surface area contributed by atoms with E-state index in [1.54, 1.807) is 11.8 Å². The van der Waals surface area contributed by atoms with Crippen LogP contribution in [-0.2, 0) is 13.2 Å². The molecule has 0 spiro atoms. The lowest BCUT2D eigenvalue weighted by Gasteiger charge is -2.34. The van der Waals surface area contributed by atoms with Gasteiger partial charge in [-0.3, -0.25) is 24.6 Å². The summed E-state index contributed by atoms with van der Waals surface area (Å²) in [6.07, 6.45) is 2.77. The molecule has 0 bridgehead atoms. The molecule has 1 saturated heterocycles. The topological polar surface area (TPSA) is 76.7 Å². The van der Waals surface area contributed by atoms with Crippen LogP contribution in [0.2, 0.25) is 0 Å². The van der Waals surface area contributed by atoms with Gasteiger partial charge in [-0.2, -0.15) is 5.10 Å². The normalized spacial score (nSPS) is 16.2. The predicted molar refractivity (Wildman–Crippen MR) is 88.7 cm³/mol. The van der Waals surface area contributed by atoms with E-state index in [-0.39, 0.29) is 5.69 Å². The van der Waals surface area contributed by atoms with Gasteiger partial charge in [-0.25, -0.2) is 0 Å². The molecule has 8 heteroatoms. The van der Waals surface area contributed by atoms with Crippen LogP contribution in [0.15, 0.2) is 36.7 Å². The van der Waals surface area contributed by atoms with Crippen molar-refractivity contribution in [3.05, 3.63) is 52.3 Å². The average molecular weight is 331 g/mol. The number of piperazine rings is 1. The Kier molecular flexibility index (Phi) is 5.07. The van der Waals surface area contributed by atoms with Gasteiger partial charge in [-0.15, -0.1) is 0 Å². The molecule has 2 aromatic rings. The Morgan fingerprint density at radius 1 is 1.25 bits per heavy atom. The summed E-state index contributed by atoms with van der Waals surface area (Å²) in [7, 11) is 1.68. The summed E-state index contributed by atoms with van der Waals surface area (Å²) in [6, 6.07) is 8.13. The predicted octanol–water partition coefficient (Wildman–Crippen LogP) is 1.58. The number of methoxy groups -OCH3 is 1. The molecule has 0 N–H and O–H groups in total. The van der Waals surface area contributed by atoms with Crippen molar-refractivity contribution >= 4 is 5.69 Å². The van der Waals surface area contributed by atoms with Gasteiger partial charge < -0.3 is 4.74 Å². The number of rotatable bonds is 6. The van der Waals surface area contributed by atoms with Crippen molar-refractivity contribution in [2.75, 3.05) is 33.3 Å². The monoisotopic (exact) mass is 331 g/mol. The molecule has 0 amide bonds. The summed E-state index contributed by atoms with van der Waals surface area (Å²) < 4.78 is 6.88. The first-order valence-electron chi connectivity index (χ1n) is 7.88. The van der Waals surface area contributed by atoms with Gasteiger partial charge in [0.1, 0.15) is 18.1 Å². The highest BCUT2D eigenvalue weighted by atomic mass is 16.6. The molecule has 24 heavy (non-hydrogen) atoms. The number of hydrogen-bond acceptors (Lipinski definition) is 6. The Balaban J connectivity index is 1.49. The van der Waals surface area contributed by atoms with Crippen LogP contribution >= 0.6 is 0 Å². The molecule has 2 heterocycles. The van der Waals surface area contributed by atoms with Crippen molar-refractivity contribution < 1.29 is 9.66 Å². The minimum atomic E-state index is -0.421. The second-order valence-corrected chi connectivity index (χ2v) is 5.88. The van der Waals surface area contributed by atoms with Crippen molar-refractivity contribution in [2.45, 2.75) is 13.2 Å². The number of nitrogens with zero attached hydrogens (tertiary/aromatic N) is 5. The highest BCUT2D eigenvalue weighted by Crippen LogP contribution is 2.16. The second kappa shape index (κ2) is 7.41. The molecule has 128 valence electrons. The summed E-state index contributed by atoms with van der Waals surface area (Å²) >= 11 is 0. The van der Waals surface area contributed by atoms with Crippen LogP contribution in [-0.4, -0.2) is 57.8 Å². The summed E-state index contributed by atoms with van der Waals surface area (Å²) in [5.41, 5.74) is 1.28. The van der Waals surface area contributed by atoms with Gasteiger partial charge in [0.15, 0.2) is 0 Å². The van der Waals surface area contributed by atoms with Gasteiger partial charge in [0.25, 0.3) is 0 Å². The fourth-order valence-electron chi connectivity index (χ4n) is 2.85. The third kappa shape index (κ3) is 4.09. The maximum absolute atomic E-state index is 10.7. The third-order valence-corrected chi connectivity index (χ3v) is 4.18. The molecule has 1 aliphatic heterocycles. The van der Waals surface area contributed by atoms with Gasteiger partial charge in [0.05, 0.1) is 18.7 Å². The van der Waals surface area contributed by atoms with E-state index in [0.29, 0.717) is 6.67 Å². The van der Waals surface area contributed by atoms with Gasteiger partial charge >= 0.3 is 5.69 Å². The third-order valence-electron chi connectivity index (χ3n) is 4.18. The molecule has 1 aromatic heterocycles. The van der Waals surface area contributed by atoms with Crippen LogP contribution in [0.3, 0.4) is 0 Å². The fraction of sp³-hybridized carbons (Fsp3) is 0.438. The number of nitro groups is 1. The molecule has 1 aromatic carbocycles. The van der Waals surface area contributed by atoms with Gasteiger partial charge in [-0.1, -0.05) is 12.1 Å². The number of benzene rings is 1. The van der Waals surface area contributed by atoms with E-state index in [9.17, 15) is 10.1 Å². The first-order chi connectivity index (χ1) is 11.6. The summed E-state index contributed by atoms with van der Waals surface area (Å²) in [4.78, 5) is 14.9. The van der Waals surface area contributed by atoms with Crippen molar-refractivity contribution in [3.8, 4) is 5.75 Å². The van der Waals surface area contributed by atoms with E-state index >= 15 is 0 Å². The summed E-state index contributed by atoms with van der Waals surface area (Å²) in [5.74, 6) is 0.881. The minimum Gasteiger partial charge on any atom is -0.497 e. The standard InChI is InChI=1S/C16H21N5O3/c1-24-16-4-2-3-14(9-16)11-18-5-7-19(8-6-18)13-20-12-15(10-17-20)21(22)23/h2-4,9-10,12H,5-8,11,13H2,1H3. The highest BCUT2D eigenvalue weighted by Gasteiger charge is 2.18. The van der Waals surface area contributed by atoms with E-state index in [4.69, 9.17) is 4.74 Å². The van der Waals surface area contributed by atoms with E-state index in [2.05, 4.69) is 27.0 Å². The van der Waals surface area contributed by atoms with E-state index in [1.165, 1.54) is 18.0 Å². The lowest BCUT2D eigenvalue weighted by atomic mass is 10.2. The maximum Gasteiger partial charge on any atom is 0.307 e. The van der Waals surface area contributed by atoms with Crippen molar-refractivity contribution in [3.63, 3.8) is 0 Å². The van der Waals surface area contributed by atoms with Crippen molar-refractivity contribution in [2.24, 2.45) is 0 Å². The molecule has 0 unspecified atom stereocenters. The molecule has 0 saturated carbocycles. The molecular formula is C16H21N5O3. The first-order valence-corrected chi connectivity index (χ1v) is 7.88. The quantitative estimate of drug-likeness (QED) is 0.591. The Morgan fingerprint density at radius 2 is 2.00 bits per heavy atom. The molecule has 3 rings (SSSR count). The second-order valence-electron chi connectivity index (χ2n) is 5.88. The van der Waals surface area contributed by atoms with Crippen LogP contribution < -0.4 is 4.74 Å². The van der Waals surface area contributed by atoms with E-state index < -0.39 is 4.92 Å².